The lowest BCUT2D eigenvalue weighted by molar-refractivity contribution is 0.432. The fourth-order valence-corrected chi connectivity index (χ4v) is 2.96. The largest absolute Gasteiger partial charge is 0.505 e. The van der Waals surface area contributed by atoms with Crippen LogP contribution in [0.25, 0.3) is 16.6 Å². The maximum absolute atomic E-state index is 13.4. The van der Waals surface area contributed by atoms with E-state index in [1.54, 1.807) is 30.3 Å². The number of hydrogen-bond donors (Lipinski definition) is 3. The number of hydrogen-bond acceptors (Lipinski definition) is 5. The standard InChI is InChI=1S/C23H17ClFN3O2/c24-14-4-7-16(8-5-14)30-23-3-1-2-20-17(23)9-10-21(28-20)19(26)13-27-15-6-11-22(29)18(25)12-15/h1-13,27,29H,26H2/b19-13-. The number of benzene rings is 3. The summed E-state index contributed by atoms with van der Waals surface area (Å²) in [7, 11) is 0. The van der Waals surface area contributed by atoms with Gasteiger partial charge in [0.2, 0.25) is 0 Å². The molecule has 4 aromatic rings. The van der Waals surface area contributed by atoms with Crippen molar-refractivity contribution in [2.45, 2.75) is 0 Å². The van der Waals surface area contributed by atoms with Gasteiger partial charge in [-0.3, -0.25) is 0 Å². The van der Waals surface area contributed by atoms with Gasteiger partial charge in [0, 0.05) is 28.4 Å². The van der Waals surface area contributed by atoms with Crippen molar-refractivity contribution in [1.29, 1.82) is 0 Å². The van der Waals surface area contributed by atoms with E-state index in [0.717, 1.165) is 5.39 Å². The van der Waals surface area contributed by atoms with Crippen molar-refractivity contribution in [3.63, 3.8) is 0 Å². The van der Waals surface area contributed by atoms with E-state index in [9.17, 15) is 9.50 Å². The predicted molar refractivity (Wildman–Crippen MR) is 117 cm³/mol. The highest BCUT2D eigenvalue weighted by atomic mass is 35.5. The molecule has 4 rings (SSSR count). The summed E-state index contributed by atoms with van der Waals surface area (Å²) in [5.41, 5.74) is 8.22. The summed E-state index contributed by atoms with van der Waals surface area (Å²) in [5, 5.41) is 13.6. The highest BCUT2D eigenvalue weighted by molar-refractivity contribution is 6.30. The molecule has 0 aliphatic carbocycles. The Balaban J connectivity index is 1.58. The topological polar surface area (TPSA) is 80.4 Å². The molecule has 30 heavy (non-hydrogen) atoms. The number of phenols is 1. The number of ether oxygens (including phenoxy) is 1. The number of nitrogens with two attached hydrogens (primary N) is 1. The maximum Gasteiger partial charge on any atom is 0.166 e. The molecule has 0 radical (unpaired) electrons. The van der Waals surface area contributed by atoms with Crippen molar-refractivity contribution in [3.05, 3.63) is 95.5 Å². The van der Waals surface area contributed by atoms with Crippen LogP contribution in [0.5, 0.6) is 17.2 Å². The monoisotopic (exact) mass is 421 g/mol. The zero-order valence-electron chi connectivity index (χ0n) is 15.6. The molecule has 0 bridgehead atoms. The molecule has 0 atom stereocenters. The zero-order chi connectivity index (χ0) is 21.1. The highest BCUT2D eigenvalue weighted by Gasteiger charge is 2.08. The van der Waals surface area contributed by atoms with Crippen molar-refractivity contribution in [3.8, 4) is 17.2 Å². The van der Waals surface area contributed by atoms with E-state index in [4.69, 9.17) is 22.1 Å². The molecular weight excluding hydrogens is 405 g/mol. The van der Waals surface area contributed by atoms with Gasteiger partial charge in [-0.15, -0.1) is 0 Å². The van der Waals surface area contributed by atoms with Gasteiger partial charge in [-0.1, -0.05) is 17.7 Å². The van der Waals surface area contributed by atoms with E-state index in [1.165, 1.54) is 24.4 Å². The molecule has 0 fully saturated rings. The zero-order valence-corrected chi connectivity index (χ0v) is 16.4. The van der Waals surface area contributed by atoms with E-state index >= 15 is 0 Å². The number of anilines is 1. The second-order valence-corrected chi connectivity index (χ2v) is 6.92. The van der Waals surface area contributed by atoms with Gasteiger partial charge in [0.15, 0.2) is 11.6 Å². The molecule has 4 N–H and O–H groups in total. The molecule has 0 spiro atoms. The van der Waals surface area contributed by atoms with E-state index in [-0.39, 0.29) is 0 Å². The molecule has 1 heterocycles. The Morgan fingerprint density at radius 3 is 2.63 bits per heavy atom. The molecule has 150 valence electrons. The summed E-state index contributed by atoms with van der Waals surface area (Å²) in [6.07, 6.45) is 1.52. The predicted octanol–water partition coefficient (Wildman–Crippen LogP) is 5.89. The van der Waals surface area contributed by atoms with Crippen molar-refractivity contribution < 1.29 is 14.2 Å². The van der Waals surface area contributed by atoms with Crippen LogP contribution in [0.1, 0.15) is 5.69 Å². The first kappa shape index (κ1) is 19.5. The van der Waals surface area contributed by atoms with Gasteiger partial charge in [-0.25, -0.2) is 9.37 Å². The quantitative estimate of drug-likeness (QED) is 0.350. The SMILES string of the molecule is N/C(=C\Nc1ccc(O)c(F)c1)c1ccc2c(Oc3ccc(Cl)cc3)cccc2n1. The number of rotatable bonds is 5. The number of pyridine rings is 1. The van der Waals surface area contributed by atoms with Crippen LogP contribution in [0.15, 0.2) is 79.0 Å². The van der Waals surface area contributed by atoms with E-state index < -0.39 is 11.6 Å². The molecule has 0 saturated heterocycles. The molecule has 5 nitrogen and oxygen atoms in total. The number of nitrogens with zero attached hydrogens (tertiary/aromatic N) is 1. The van der Waals surface area contributed by atoms with Gasteiger partial charge in [-0.05, 0) is 60.7 Å². The van der Waals surface area contributed by atoms with Crippen molar-refractivity contribution >= 4 is 33.9 Å². The maximum atomic E-state index is 13.4. The van der Waals surface area contributed by atoms with Crippen LogP contribution in [0.2, 0.25) is 5.02 Å². The van der Waals surface area contributed by atoms with Crippen LogP contribution < -0.4 is 15.8 Å². The van der Waals surface area contributed by atoms with Crippen LogP contribution in [-0.4, -0.2) is 10.1 Å². The summed E-state index contributed by atoms with van der Waals surface area (Å²) in [5.74, 6) is 0.198. The highest BCUT2D eigenvalue weighted by Crippen LogP contribution is 2.30. The minimum absolute atomic E-state index is 0.370. The second-order valence-electron chi connectivity index (χ2n) is 6.49. The molecule has 0 saturated carbocycles. The summed E-state index contributed by atoms with van der Waals surface area (Å²) in [6, 6.07) is 20.3. The Morgan fingerprint density at radius 1 is 1.07 bits per heavy atom. The summed E-state index contributed by atoms with van der Waals surface area (Å²) in [4.78, 5) is 4.59. The summed E-state index contributed by atoms with van der Waals surface area (Å²) >= 11 is 5.92. The molecule has 0 amide bonds. The number of halogens is 2. The first-order valence-electron chi connectivity index (χ1n) is 9.04. The Kier molecular flexibility index (Phi) is 5.41. The first-order chi connectivity index (χ1) is 14.5. The number of aromatic nitrogens is 1. The van der Waals surface area contributed by atoms with Crippen LogP contribution in [0.3, 0.4) is 0 Å². The third-order valence-corrected chi connectivity index (χ3v) is 4.62. The third-order valence-electron chi connectivity index (χ3n) is 4.37. The number of aromatic hydroxyl groups is 1. The van der Waals surface area contributed by atoms with Crippen LogP contribution in [-0.2, 0) is 0 Å². The van der Waals surface area contributed by atoms with Crippen LogP contribution >= 0.6 is 11.6 Å². The Hall–Kier alpha value is -3.77. The number of phenolic OH excluding ortho intramolecular Hbond substituents is 1. The van der Waals surface area contributed by atoms with E-state index in [0.29, 0.717) is 39.1 Å². The first-order valence-corrected chi connectivity index (χ1v) is 9.42. The minimum atomic E-state index is -0.719. The van der Waals surface area contributed by atoms with Crippen molar-refractivity contribution in [2.24, 2.45) is 5.73 Å². The smallest absolute Gasteiger partial charge is 0.166 e. The third kappa shape index (κ3) is 4.29. The van der Waals surface area contributed by atoms with Gasteiger partial charge in [0.05, 0.1) is 16.9 Å². The second kappa shape index (κ2) is 8.31. The number of fused-ring (bicyclic) bond motifs is 1. The molecular formula is C23H17ClFN3O2. The van der Waals surface area contributed by atoms with E-state index in [1.807, 2.05) is 24.3 Å². The molecule has 0 aliphatic heterocycles. The van der Waals surface area contributed by atoms with Crippen LogP contribution in [0.4, 0.5) is 10.1 Å². The van der Waals surface area contributed by atoms with Gasteiger partial charge >= 0.3 is 0 Å². The summed E-state index contributed by atoms with van der Waals surface area (Å²) in [6.45, 7) is 0. The van der Waals surface area contributed by atoms with Gasteiger partial charge in [0.25, 0.3) is 0 Å². The summed E-state index contributed by atoms with van der Waals surface area (Å²) < 4.78 is 19.4. The lowest BCUT2D eigenvalue weighted by atomic mass is 10.1. The average Bonchev–Trinajstić information content (AvgIpc) is 2.76. The lowest BCUT2D eigenvalue weighted by Crippen LogP contribution is -2.03. The van der Waals surface area contributed by atoms with Crippen molar-refractivity contribution in [1.82, 2.24) is 4.98 Å². The molecule has 1 aromatic heterocycles. The minimum Gasteiger partial charge on any atom is -0.505 e. The van der Waals surface area contributed by atoms with Crippen LogP contribution in [0, 0.1) is 5.82 Å². The molecule has 7 heteroatoms. The van der Waals surface area contributed by atoms with Gasteiger partial charge in [0.1, 0.15) is 11.5 Å². The van der Waals surface area contributed by atoms with E-state index in [2.05, 4.69) is 10.3 Å². The van der Waals surface area contributed by atoms with Crippen molar-refractivity contribution in [2.75, 3.05) is 5.32 Å². The normalized spacial score (nSPS) is 11.5. The van der Waals surface area contributed by atoms with Gasteiger partial charge in [-0.2, -0.15) is 0 Å². The molecule has 0 aliphatic rings. The number of nitrogens with one attached hydrogen (secondary N) is 1. The Morgan fingerprint density at radius 2 is 1.87 bits per heavy atom. The Labute approximate surface area is 177 Å². The Bertz CT molecular complexity index is 1240. The average molecular weight is 422 g/mol. The molecule has 0 unspecified atom stereocenters. The van der Waals surface area contributed by atoms with Gasteiger partial charge < -0.3 is 20.9 Å². The fourth-order valence-electron chi connectivity index (χ4n) is 2.84. The molecule has 3 aromatic carbocycles. The lowest BCUT2D eigenvalue weighted by Gasteiger charge is -2.10. The fraction of sp³-hybridized carbons (Fsp3) is 0.